The number of benzene rings is 1. The monoisotopic (exact) mass is 229 g/mol. The van der Waals surface area contributed by atoms with Crippen LogP contribution >= 0.6 is 0 Å². The number of hydrogen-bond donors (Lipinski definition) is 1. The van der Waals surface area contributed by atoms with E-state index >= 15 is 0 Å². The molecule has 0 bridgehead atoms. The SMILES string of the molecule is Cn1cncc1C(=O)Nc1cccc(C=O)c1. The first-order chi connectivity index (χ1) is 8.20. The van der Waals surface area contributed by atoms with E-state index in [1.54, 1.807) is 42.2 Å². The molecular weight excluding hydrogens is 218 g/mol. The lowest BCUT2D eigenvalue weighted by atomic mass is 10.2. The van der Waals surface area contributed by atoms with Gasteiger partial charge in [0.25, 0.3) is 5.91 Å². The largest absolute Gasteiger partial charge is 0.330 e. The first-order valence-corrected chi connectivity index (χ1v) is 5.03. The quantitative estimate of drug-likeness (QED) is 0.811. The third kappa shape index (κ3) is 2.39. The smallest absolute Gasteiger partial charge is 0.273 e. The van der Waals surface area contributed by atoms with Crippen LogP contribution < -0.4 is 5.32 Å². The summed E-state index contributed by atoms with van der Waals surface area (Å²) in [7, 11) is 1.74. The average molecular weight is 229 g/mol. The standard InChI is InChI=1S/C12H11N3O2/c1-15-8-13-6-11(15)12(17)14-10-4-2-3-9(5-10)7-16/h2-8H,1H3,(H,14,17). The lowest BCUT2D eigenvalue weighted by molar-refractivity contribution is 0.101. The highest BCUT2D eigenvalue weighted by atomic mass is 16.2. The van der Waals surface area contributed by atoms with E-state index in [0.29, 0.717) is 16.9 Å². The number of aryl methyl sites for hydroxylation is 1. The Balaban J connectivity index is 2.18. The van der Waals surface area contributed by atoms with E-state index in [1.165, 1.54) is 6.20 Å². The Morgan fingerprint density at radius 1 is 1.47 bits per heavy atom. The van der Waals surface area contributed by atoms with Gasteiger partial charge in [-0.3, -0.25) is 9.59 Å². The Kier molecular flexibility index (Phi) is 3.00. The van der Waals surface area contributed by atoms with Crippen molar-refractivity contribution in [1.82, 2.24) is 9.55 Å². The van der Waals surface area contributed by atoms with Gasteiger partial charge in [0, 0.05) is 18.3 Å². The van der Waals surface area contributed by atoms with E-state index in [9.17, 15) is 9.59 Å². The van der Waals surface area contributed by atoms with Gasteiger partial charge in [-0.2, -0.15) is 0 Å². The number of aromatic nitrogens is 2. The summed E-state index contributed by atoms with van der Waals surface area (Å²) < 4.78 is 1.62. The van der Waals surface area contributed by atoms with Crippen LogP contribution in [0.15, 0.2) is 36.8 Å². The fourth-order valence-electron chi connectivity index (χ4n) is 1.46. The van der Waals surface area contributed by atoms with Crippen LogP contribution in [0.3, 0.4) is 0 Å². The zero-order valence-corrected chi connectivity index (χ0v) is 9.25. The minimum Gasteiger partial charge on any atom is -0.330 e. The summed E-state index contributed by atoms with van der Waals surface area (Å²) in [5.41, 5.74) is 1.56. The van der Waals surface area contributed by atoms with Crippen molar-refractivity contribution in [1.29, 1.82) is 0 Å². The second-order valence-electron chi connectivity index (χ2n) is 3.59. The van der Waals surface area contributed by atoms with Gasteiger partial charge in [-0.15, -0.1) is 0 Å². The Hall–Kier alpha value is -2.43. The van der Waals surface area contributed by atoms with Gasteiger partial charge in [0.05, 0.1) is 12.5 Å². The van der Waals surface area contributed by atoms with Crippen LogP contribution in [0.1, 0.15) is 20.8 Å². The fourth-order valence-corrected chi connectivity index (χ4v) is 1.46. The van der Waals surface area contributed by atoms with E-state index in [0.717, 1.165) is 6.29 Å². The van der Waals surface area contributed by atoms with E-state index in [1.807, 2.05) is 0 Å². The first-order valence-electron chi connectivity index (χ1n) is 5.03. The second kappa shape index (κ2) is 4.61. The highest BCUT2D eigenvalue weighted by molar-refractivity contribution is 6.03. The molecule has 2 aromatic rings. The van der Waals surface area contributed by atoms with Gasteiger partial charge in [0.15, 0.2) is 0 Å². The maximum absolute atomic E-state index is 11.8. The number of nitrogens with zero attached hydrogens (tertiary/aromatic N) is 2. The van der Waals surface area contributed by atoms with Crippen LogP contribution in [-0.2, 0) is 7.05 Å². The van der Waals surface area contributed by atoms with Crippen LogP contribution in [-0.4, -0.2) is 21.7 Å². The number of amides is 1. The molecule has 2 rings (SSSR count). The number of aldehydes is 1. The van der Waals surface area contributed by atoms with Crippen LogP contribution in [0.2, 0.25) is 0 Å². The molecule has 0 radical (unpaired) electrons. The molecule has 1 aromatic heterocycles. The lowest BCUT2D eigenvalue weighted by Crippen LogP contribution is -2.15. The Labute approximate surface area is 98.1 Å². The summed E-state index contributed by atoms with van der Waals surface area (Å²) in [6.45, 7) is 0. The van der Waals surface area contributed by atoms with Crippen LogP contribution in [0.5, 0.6) is 0 Å². The Bertz CT molecular complexity index is 560. The summed E-state index contributed by atoms with van der Waals surface area (Å²) in [4.78, 5) is 26.3. The number of carbonyl (C=O) groups is 2. The van der Waals surface area contributed by atoms with Gasteiger partial charge in [0.1, 0.15) is 12.0 Å². The van der Waals surface area contributed by atoms with E-state index in [4.69, 9.17) is 0 Å². The van der Waals surface area contributed by atoms with Gasteiger partial charge >= 0.3 is 0 Å². The summed E-state index contributed by atoms with van der Waals surface area (Å²) >= 11 is 0. The molecule has 1 aromatic carbocycles. The van der Waals surface area contributed by atoms with Crippen molar-refractivity contribution >= 4 is 17.9 Å². The van der Waals surface area contributed by atoms with Crippen LogP contribution in [0.25, 0.3) is 0 Å². The zero-order chi connectivity index (χ0) is 12.3. The average Bonchev–Trinajstić information content (AvgIpc) is 2.76. The van der Waals surface area contributed by atoms with Crippen molar-refractivity contribution < 1.29 is 9.59 Å². The van der Waals surface area contributed by atoms with Crippen LogP contribution in [0, 0.1) is 0 Å². The normalized spacial score (nSPS) is 9.94. The van der Waals surface area contributed by atoms with Crippen molar-refractivity contribution in [3.05, 3.63) is 48.0 Å². The molecule has 86 valence electrons. The molecule has 17 heavy (non-hydrogen) atoms. The molecule has 0 unspecified atom stereocenters. The Morgan fingerprint density at radius 2 is 2.29 bits per heavy atom. The minimum atomic E-state index is -0.256. The number of hydrogen-bond acceptors (Lipinski definition) is 3. The van der Waals surface area contributed by atoms with E-state index in [2.05, 4.69) is 10.3 Å². The number of nitrogens with one attached hydrogen (secondary N) is 1. The summed E-state index contributed by atoms with van der Waals surface area (Å²) in [5, 5.41) is 2.70. The minimum absolute atomic E-state index is 0.256. The van der Waals surface area contributed by atoms with Crippen molar-refractivity contribution in [2.75, 3.05) is 5.32 Å². The molecular formula is C12H11N3O2. The molecule has 5 nitrogen and oxygen atoms in total. The second-order valence-corrected chi connectivity index (χ2v) is 3.59. The fraction of sp³-hybridized carbons (Fsp3) is 0.0833. The Morgan fingerprint density at radius 3 is 2.94 bits per heavy atom. The molecule has 0 spiro atoms. The molecule has 1 N–H and O–H groups in total. The molecule has 0 saturated heterocycles. The summed E-state index contributed by atoms with van der Waals surface area (Å²) in [6, 6.07) is 6.72. The van der Waals surface area contributed by atoms with E-state index in [-0.39, 0.29) is 5.91 Å². The predicted octanol–water partition coefficient (Wildman–Crippen LogP) is 1.48. The zero-order valence-electron chi connectivity index (χ0n) is 9.25. The van der Waals surface area contributed by atoms with Crippen molar-refractivity contribution in [3.63, 3.8) is 0 Å². The van der Waals surface area contributed by atoms with Gasteiger partial charge in [0.2, 0.25) is 0 Å². The first kappa shape index (κ1) is 11.1. The third-order valence-corrected chi connectivity index (χ3v) is 2.33. The van der Waals surface area contributed by atoms with E-state index < -0.39 is 0 Å². The van der Waals surface area contributed by atoms with Crippen LogP contribution in [0.4, 0.5) is 5.69 Å². The van der Waals surface area contributed by atoms with Gasteiger partial charge in [-0.05, 0) is 12.1 Å². The summed E-state index contributed by atoms with van der Waals surface area (Å²) in [5.74, 6) is -0.256. The molecule has 5 heteroatoms. The number of anilines is 1. The highest BCUT2D eigenvalue weighted by Crippen LogP contribution is 2.10. The molecule has 0 aliphatic rings. The molecule has 1 heterocycles. The number of imidazole rings is 1. The highest BCUT2D eigenvalue weighted by Gasteiger charge is 2.09. The van der Waals surface area contributed by atoms with Crippen molar-refractivity contribution in [3.8, 4) is 0 Å². The van der Waals surface area contributed by atoms with Crippen molar-refractivity contribution in [2.24, 2.45) is 7.05 Å². The number of rotatable bonds is 3. The lowest BCUT2D eigenvalue weighted by Gasteiger charge is -2.05. The topological polar surface area (TPSA) is 64.0 Å². The molecule has 1 amide bonds. The maximum Gasteiger partial charge on any atom is 0.273 e. The van der Waals surface area contributed by atoms with Gasteiger partial charge < -0.3 is 9.88 Å². The van der Waals surface area contributed by atoms with Gasteiger partial charge in [-0.1, -0.05) is 12.1 Å². The van der Waals surface area contributed by atoms with Crippen molar-refractivity contribution in [2.45, 2.75) is 0 Å². The molecule has 0 fully saturated rings. The maximum atomic E-state index is 11.8. The molecule has 0 atom stereocenters. The third-order valence-electron chi connectivity index (χ3n) is 2.33. The molecule has 0 aliphatic heterocycles. The number of carbonyl (C=O) groups excluding carboxylic acids is 2. The molecule has 0 aliphatic carbocycles. The predicted molar refractivity (Wildman–Crippen MR) is 63.0 cm³/mol. The summed E-state index contributed by atoms with van der Waals surface area (Å²) in [6.07, 6.45) is 3.77. The molecule has 0 saturated carbocycles. The van der Waals surface area contributed by atoms with Gasteiger partial charge in [-0.25, -0.2) is 4.98 Å².